The van der Waals surface area contributed by atoms with Crippen LogP contribution in [0, 0.1) is 18.3 Å². The molecule has 0 unspecified atom stereocenters. The Labute approximate surface area is 113 Å². The van der Waals surface area contributed by atoms with E-state index in [-0.39, 0.29) is 0 Å². The summed E-state index contributed by atoms with van der Waals surface area (Å²) in [5.41, 5.74) is 9.82. The molecule has 0 aliphatic rings. The molecular weight excluding hydrogens is 236 g/mol. The van der Waals surface area contributed by atoms with Gasteiger partial charge in [-0.15, -0.1) is 0 Å². The summed E-state index contributed by atoms with van der Waals surface area (Å²) in [7, 11) is 0. The number of aromatic nitrogens is 2. The van der Waals surface area contributed by atoms with Crippen molar-refractivity contribution in [2.45, 2.75) is 33.2 Å². The van der Waals surface area contributed by atoms with E-state index < -0.39 is 0 Å². The first-order chi connectivity index (χ1) is 9.04. The molecule has 0 aliphatic carbocycles. The molecule has 2 heterocycles. The largest absolute Gasteiger partial charge is 0.383 e. The van der Waals surface area contributed by atoms with Gasteiger partial charge in [-0.3, -0.25) is 0 Å². The van der Waals surface area contributed by atoms with Crippen LogP contribution in [0.25, 0.3) is 0 Å². The number of nitriles is 1. The average Bonchev–Trinajstić information content (AvgIpc) is 2.68. The van der Waals surface area contributed by atoms with Crippen molar-refractivity contribution in [1.82, 2.24) is 9.55 Å². The van der Waals surface area contributed by atoms with Gasteiger partial charge in [0.2, 0.25) is 0 Å². The molecule has 0 aliphatic heterocycles. The standard InChI is InChI=1S/C15H18N4/c1-10(2)14-11(3)13(7-16)9-19(14)8-12-5-4-6-18-15(12)17/h4-6,9-10H,8H2,1-3H3,(H2,17,18). The molecule has 0 fully saturated rings. The highest BCUT2D eigenvalue weighted by atomic mass is 15.0. The van der Waals surface area contributed by atoms with E-state index in [9.17, 15) is 0 Å². The second kappa shape index (κ2) is 5.15. The van der Waals surface area contributed by atoms with Crippen LogP contribution in [-0.4, -0.2) is 9.55 Å². The number of hydrogen-bond acceptors (Lipinski definition) is 3. The number of hydrogen-bond donors (Lipinski definition) is 1. The summed E-state index contributed by atoms with van der Waals surface area (Å²) >= 11 is 0. The SMILES string of the molecule is Cc1c(C#N)cn(Cc2cccnc2N)c1C(C)C. The van der Waals surface area contributed by atoms with Gasteiger partial charge in [0.05, 0.1) is 12.1 Å². The first kappa shape index (κ1) is 13.2. The van der Waals surface area contributed by atoms with Gasteiger partial charge in [0.15, 0.2) is 0 Å². The molecule has 0 spiro atoms. The van der Waals surface area contributed by atoms with Crippen LogP contribution in [0.1, 0.15) is 42.1 Å². The molecular formula is C15H18N4. The van der Waals surface area contributed by atoms with E-state index in [0.29, 0.717) is 18.3 Å². The molecule has 0 bridgehead atoms. The second-order valence-electron chi connectivity index (χ2n) is 5.00. The summed E-state index contributed by atoms with van der Waals surface area (Å²) in [6, 6.07) is 6.09. The Morgan fingerprint density at radius 2 is 2.21 bits per heavy atom. The maximum absolute atomic E-state index is 9.16. The molecule has 0 aromatic carbocycles. The topological polar surface area (TPSA) is 67.6 Å². The van der Waals surface area contributed by atoms with Crippen LogP contribution in [-0.2, 0) is 6.54 Å². The van der Waals surface area contributed by atoms with Gasteiger partial charge >= 0.3 is 0 Å². The van der Waals surface area contributed by atoms with E-state index in [1.54, 1.807) is 6.20 Å². The summed E-state index contributed by atoms with van der Waals surface area (Å²) < 4.78 is 2.10. The fraction of sp³-hybridized carbons (Fsp3) is 0.333. The first-order valence-corrected chi connectivity index (χ1v) is 6.33. The zero-order valence-corrected chi connectivity index (χ0v) is 11.5. The Morgan fingerprint density at radius 3 is 2.79 bits per heavy atom. The van der Waals surface area contributed by atoms with Gasteiger partial charge in [-0.05, 0) is 24.5 Å². The number of pyridine rings is 1. The third-order valence-electron chi connectivity index (χ3n) is 3.32. The van der Waals surface area contributed by atoms with Crippen molar-refractivity contribution in [2.24, 2.45) is 0 Å². The Kier molecular flexibility index (Phi) is 3.57. The molecule has 2 rings (SSSR count). The van der Waals surface area contributed by atoms with Gasteiger partial charge in [-0.25, -0.2) is 4.98 Å². The van der Waals surface area contributed by atoms with Crippen molar-refractivity contribution in [3.8, 4) is 6.07 Å². The molecule has 0 radical (unpaired) electrons. The predicted molar refractivity (Wildman–Crippen MR) is 75.7 cm³/mol. The minimum Gasteiger partial charge on any atom is -0.383 e. The number of anilines is 1. The molecule has 0 saturated carbocycles. The van der Waals surface area contributed by atoms with Crippen LogP contribution in [0.2, 0.25) is 0 Å². The molecule has 2 aromatic heterocycles. The van der Waals surface area contributed by atoms with Crippen molar-refractivity contribution in [3.63, 3.8) is 0 Å². The van der Waals surface area contributed by atoms with Crippen LogP contribution < -0.4 is 5.73 Å². The van der Waals surface area contributed by atoms with E-state index in [0.717, 1.165) is 16.7 Å². The smallest absolute Gasteiger partial charge is 0.128 e. The molecule has 4 nitrogen and oxygen atoms in total. The normalized spacial score (nSPS) is 10.7. The number of nitrogens with two attached hydrogens (primary N) is 1. The quantitative estimate of drug-likeness (QED) is 0.915. The highest BCUT2D eigenvalue weighted by molar-refractivity contribution is 5.44. The lowest BCUT2D eigenvalue weighted by Crippen LogP contribution is -2.08. The van der Waals surface area contributed by atoms with E-state index >= 15 is 0 Å². The van der Waals surface area contributed by atoms with Gasteiger partial charge in [-0.2, -0.15) is 5.26 Å². The average molecular weight is 254 g/mol. The van der Waals surface area contributed by atoms with Gasteiger partial charge < -0.3 is 10.3 Å². The fourth-order valence-electron chi connectivity index (χ4n) is 2.45. The molecule has 0 saturated heterocycles. The maximum atomic E-state index is 9.16. The summed E-state index contributed by atoms with van der Waals surface area (Å²) in [6.45, 7) is 6.91. The zero-order chi connectivity index (χ0) is 14.0. The van der Waals surface area contributed by atoms with Crippen molar-refractivity contribution in [2.75, 3.05) is 5.73 Å². The second-order valence-corrected chi connectivity index (χ2v) is 5.00. The molecule has 2 aromatic rings. The molecule has 98 valence electrons. The van der Waals surface area contributed by atoms with Crippen LogP contribution in [0.5, 0.6) is 0 Å². The van der Waals surface area contributed by atoms with E-state index in [2.05, 4.69) is 29.5 Å². The summed E-state index contributed by atoms with van der Waals surface area (Å²) in [5, 5.41) is 9.16. The highest BCUT2D eigenvalue weighted by Gasteiger charge is 2.15. The first-order valence-electron chi connectivity index (χ1n) is 6.33. The Balaban J connectivity index is 2.46. The third kappa shape index (κ3) is 2.45. The summed E-state index contributed by atoms with van der Waals surface area (Å²) in [4.78, 5) is 4.10. The zero-order valence-electron chi connectivity index (χ0n) is 11.5. The van der Waals surface area contributed by atoms with Gasteiger partial charge in [0.1, 0.15) is 11.9 Å². The third-order valence-corrected chi connectivity index (χ3v) is 3.32. The van der Waals surface area contributed by atoms with Crippen molar-refractivity contribution >= 4 is 5.82 Å². The minimum absolute atomic E-state index is 0.361. The van der Waals surface area contributed by atoms with Gasteiger partial charge in [0.25, 0.3) is 0 Å². The number of rotatable bonds is 3. The Morgan fingerprint density at radius 1 is 1.47 bits per heavy atom. The number of nitrogen functional groups attached to an aromatic ring is 1. The van der Waals surface area contributed by atoms with E-state index in [1.807, 2.05) is 25.3 Å². The number of nitrogens with zero attached hydrogens (tertiary/aromatic N) is 3. The van der Waals surface area contributed by atoms with Gasteiger partial charge in [0, 0.05) is 23.7 Å². The minimum atomic E-state index is 0.361. The van der Waals surface area contributed by atoms with Crippen LogP contribution >= 0.6 is 0 Å². The molecule has 2 N–H and O–H groups in total. The van der Waals surface area contributed by atoms with Crippen LogP contribution in [0.4, 0.5) is 5.82 Å². The highest BCUT2D eigenvalue weighted by Crippen LogP contribution is 2.25. The summed E-state index contributed by atoms with van der Waals surface area (Å²) in [6.07, 6.45) is 3.58. The molecule has 0 amide bonds. The van der Waals surface area contributed by atoms with E-state index in [1.165, 1.54) is 5.69 Å². The van der Waals surface area contributed by atoms with E-state index in [4.69, 9.17) is 11.0 Å². The lowest BCUT2D eigenvalue weighted by atomic mass is 10.0. The Hall–Kier alpha value is -2.28. The van der Waals surface area contributed by atoms with Gasteiger partial charge in [-0.1, -0.05) is 19.9 Å². The fourth-order valence-corrected chi connectivity index (χ4v) is 2.45. The predicted octanol–water partition coefficient (Wildman–Crippen LogP) is 2.82. The van der Waals surface area contributed by atoms with Crippen LogP contribution in [0.3, 0.4) is 0 Å². The van der Waals surface area contributed by atoms with Crippen LogP contribution in [0.15, 0.2) is 24.5 Å². The molecule has 0 atom stereocenters. The maximum Gasteiger partial charge on any atom is 0.128 e. The molecule has 19 heavy (non-hydrogen) atoms. The Bertz CT molecular complexity index is 632. The van der Waals surface area contributed by atoms with Crippen molar-refractivity contribution in [1.29, 1.82) is 5.26 Å². The lowest BCUT2D eigenvalue weighted by molar-refractivity contribution is 0.688. The van der Waals surface area contributed by atoms with Crippen molar-refractivity contribution in [3.05, 3.63) is 46.9 Å². The molecule has 4 heteroatoms. The monoisotopic (exact) mass is 254 g/mol. The lowest BCUT2D eigenvalue weighted by Gasteiger charge is -2.14. The van der Waals surface area contributed by atoms with Crippen molar-refractivity contribution < 1.29 is 0 Å². The summed E-state index contributed by atoms with van der Waals surface area (Å²) in [5.74, 6) is 0.905.